The van der Waals surface area contributed by atoms with Crippen LogP contribution in [0.4, 0.5) is 11.5 Å². The van der Waals surface area contributed by atoms with E-state index in [0.717, 1.165) is 8.66 Å². The first-order valence-electron chi connectivity index (χ1n) is 6.09. The van der Waals surface area contributed by atoms with Gasteiger partial charge in [-0.05, 0) is 34.5 Å². The van der Waals surface area contributed by atoms with E-state index in [4.69, 9.17) is 0 Å². The zero-order valence-electron chi connectivity index (χ0n) is 11.5. The second-order valence-electron chi connectivity index (χ2n) is 4.42. The molecule has 0 radical (unpaired) electrons. The van der Waals surface area contributed by atoms with E-state index in [1.54, 1.807) is 23.1 Å². The number of aromatic nitrogens is 2. The van der Waals surface area contributed by atoms with Crippen molar-refractivity contribution in [1.82, 2.24) is 9.78 Å². The van der Waals surface area contributed by atoms with Gasteiger partial charge in [0.2, 0.25) is 5.82 Å². The molecule has 20 heavy (non-hydrogen) atoms. The number of hydrogen-bond acceptors (Lipinski definition) is 5. The van der Waals surface area contributed by atoms with Crippen molar-refractivity contribution in [2.45, 2.75) is 19.9 Å². The van der Waals surface area contributed by atoms with Gasteiger partial charge in [0.05, 0.1) is 15.3 Å². The minimum atomic E-state index is -0.345. The van der Waals surface area contributed by atoms with Gasteiger partial charge in [-0.15, -0.1) is 11.3 Å². The molecule has 0 fully saturated rings. The zero-order chi connectivity index (χ0) is 14.9. The molecular weight excluding hydrogens is 344 g/mol. The summed E-state index contributed by atoms with van der Waals surface area (Å²) in [7, 11) is 3.58. The van der Waals surface area contributed by atoms with Crippen molar-refractivity contribution in [3.8, 4) is 0 Å². The fourth-order valence-corrected chi connectivity index (χ4v) is 3.69. The van der Waals surface area contributed by atoms with E-state index in [0.29, 0.717) is 24.5 Å². The Morgan fingerprint density at radius 1 is 1.55 bits per heavy atom. The highest BCUT2D eigenvalue weighted by molar-refractivity contribution is 9.11. The maximum Gasteiger partial charge on any atom is 0.334 e. The average molecular weight is 359 g/mol. The summed E-state index contributed by atoms with van der Waals surface area (Å²) in [5, 5.41) is 15.5. The Kier molecular flexibility index (Phi) is 4.44. The molecule has 0 aromatic carbocycles. The maximum absolute atomic E-state index is 11.3. The predicted octanol–water partition coefficient (Wildman–Crippen LogP) is 3.35. The molecule has 0 atom stereocenters. The highest BCUT2D eigenvalue weighted by Gasteiger charge is 2.28. The van der Waals surface area contributed by atoms with Crippen LogP contribution in [-0.4, -0.2) is 21.8 Å². The summed E-state index contributed by atoms with van der Waals surface area (Å²) < 4.78 is 2.63. The van der Waals surface area contributed by atoms with Gasteiger partial charge in [-0.1, -0.05) is 6.92 Å². The summed E-state index contributed by atoms with van der Waals surface area (Å²) in [6.07, 6.45) is 0.544. The molecule has 0 saturated carbocycles. The molecule has 0 spiro atoms. The maximum atomic E-state index is 11.3. The number of anilines is 1. The van der Waals surface area contributed by atoms with Crippen LogP contribution < -0.4 is 4.90 Å². The van der Waals surface area contributed by atoms with Gasteiger partial charge in [-0.2, -0.15) is 5.10 Å². The second-order valence-corrected chi connectivity index (χ2v) is 6.96. The first-order valence-corrected chi connectivity index (χ1v) is 7.70. The van der Waals surface area contributed by atoms with Crippen LogP contribution in [0.2, 0.25) is 0 Å². The molecule has 0 bridgehead atoms. The Labute approximate surface area is 129 Å². The number of halogens is 1. The summed E-state index contributed by atoms with van der Waals surface area (Å²) in [5.74, 6) is 0.538. The van der Waals surface area contributed by atoms with Crippen molar-refractivity contribution in [3.63, 3.8) is 0 Å². The average Bonchev–Trinajstić information content (AvgIpc) is 2.92. The lowest BCUT2D eigenvalue weighted by Gasteiger charge is -2.17. The third-order valence-electron chi connectivity index (χ3n) is 2.96. The summed E-state index contributed by atoms with van der Waals surface area (Å²) in [4.78, 5) is 13.9. The van der Waals surface area contributed by atoms with E-state index in [2.05, 4.69) is 21.0 Å². The van der Waals surface area contributed by atoms with Crippen molar-refractivity contribution in [2.75, 3.05) is 11.9 Å². The minimum Gasteiger partial charge on any atom is -0.349 e. The van der Waals surface area contributed by atoms with Gasteiger partial charge in [0.1, 0.15) is 5.69 Å². The van der Waals surface area contributed by atoms with Crippen LogP contribution in [0.15, 0.2) is 15.9 Å². The molecule has 2 rings (SSSR count). The van der Waals surface area contributed by atoms with Gasteiger partial charge in [0.25, 0.3) is 0 Å². The van der Waals surface area contributed by atoms with Crippen LogP contribution in [-0.2, 0) is 20.0 Å². The highest BCUT2D eigenvalue weighted by atomic mass is 79.9. The van der Waals surface area contributed by atoms with E-state index < -0.39 is 0 Å². The Hall–Kier alpha value is -1.41. The van der Waals surface area contributed by atoms with Gasteiger partial charge in [0.15, 0.2) is 0 Å². The topological polar surface area (TPSA) is 64.2 Å². The number of thiophene rings is 1. The van der Waals surface area contributed by atoms with Crippen LogP contribution in [0.3, 0.4) is 0 Å². The van der Waals surface area contributed by atoms with E-state index in [-0.39, 0.29) is 10.6 Å². The van der Waals surface area contributed by atoms with Crippen molar-refractivity contribution in [2.24, 2.45) is 7.05 Å². The minimum absolute atomic E-state index is 0.105. The van der Waals surface area contributed by atoms with Gasteiger partial charge in [-0.25, -0.2) is 4.68 Å². The largest absolute Gasteiger partial charge is 0.349 e. The quantitative estimate of drug-likeness (QED) is 0.607. The van der Waals surface area contributed by atoms with Gasteiger partial charge < -0.3 is 4.90 Å². The first-order chi connectivity index (χ1) is 9.43. The highest BCUT2D eigenvalue weighted by Crippen LogP contribution is 2.33. The number of nitro groups is 1. The normalized spacial score (nSPS) is 10.8. The molecule has 6 nitrogen and oxygen atoms in total. The van der Waals surface area contributed by atoms with Crippen LogP contribution >= 0.6 is 27.3 Å². The van der Waals surface area contributed by atoms with Crippen molar-refractivity contribution in [1.29, 1.82) is 0 Å². The number of nitrogens with zero attached hydrogens (tertiary/aromatic N) is 4. The van der Waals surface area contributed by atoms with Crippen LogP contribution in [0.5, 0.6) is 0 Å². The molecule has 8 heteroatoms. The molecule has 108 valence electrons. The van der Waals surface area contributed by atoms with E-state index >= 15 is 0 Å². The number of aryl methyl sites for hydroxylation is 2. The summed E-state index contributed by atoms with van der Waals surface area (Å²) >= 11 is 5.04. The number of rotatable bonds is 5. The lowest BCUT2D eigenvalue weighted by atomic mass is 10.3. The number of hydrogen-bond donors (Lipinski definition) is 0. The molecule has 0 amide bonds. The molecule has 0 N–H and O–H groups in total. The third kappa shape index (κ3) is 2.85. The SMILES string of the molecule is CCc1nn(C)c(N(C)Cc2ccc(Br)s2)c1[N+](=O)[O-]. The molecule has 2 aromatic heterocycles. The smallest absolute Gasteiger partial charge is 0.334 e. The Morgan fingerprint density at radius 3 is 2.75 bits per heavy atom. The third-order valence-corrected chi connectivity index (χ3v) is 4.57. The Morgan fingerprint density at radius 2 is 2.25 bits per heavy atom. The van der Waals surface area contributed by atoms with E-state index in [1.807, 2.05) is 31.0 Å². The summed E-state index contributed by atoms with van der Waals surface area (Å²) in [6, 6.07) is 3.98. The van der Waals surface area contributed by atoms with Gasteiger partial charge in [-0.3, -0.25) is 10.1 Å². The standard InChI is InChI=1S/C12H15BrN4O2S/c1-4-9-11(17(18)19)12(16(3)14-9)15(2)7-8-5-6-10(13)20-8/h5-6H,4,7H2,1-3H3. The molecule has 0 unspecified atom stereocenters. The molecule has 0 aliphatic carbocycles. The fraction of sp³-hybridized carbons (Fsp3) is 0.417. The molecule has 2 aromatic rings. The monoisotopic (exact) mass is 358 g/mol. The zero-order valence-corrected chi connectivity index (χ0v) is 13.9. The van der Waals surface area contributed by atoms with E-state index in [9.17, 15) is 10.1 Å². The molecule has 0 aliphatic rings. The first kappa shape index (κ1) is 15.0. The van der Waals surface area contributed by atoms with E-state index in [1.165, 1.54) is 0 Å². The van der Waals surface area contributed by atoms with Crippen molar-refractivity contribution >= 4 is 38.8 Å². The lowest BCUT2D eigenvalue weighted by molar-refractivity contribution is -0.384. The molecular formula is C12H15BrN4O2S. The van der Waals surface area contributed by atoms with Crippen molar-refractivity contribution < 1.29 is 4.92 Å². The molecule has 2 heterocycles. The predicted molar refractivity (Wildman–Crippen MR) is 83.4 cm³/mol. The molecule has 0 aliphatic heterocycles. The van der Waals surface area contributed by atoms with Gasteiger partial charge >= 0.3 is 5.69 Å². The van der Waals surface area contributed by atoms with Crippen LogP contribution in [0.1, 0.15) is 17.5 Å². The lowest BCUT2D eigenvalue weighted by Crippen LogP contribution is -2.19. The molecule has 0 saturated heterocycles. The Bertz CT molecular complexity index is 637. The second kappa shape index (κ2) is 5.92. The Balaban J connectivity index is 2.36. The van der Waals surface area contributed by atoms with Gasteiger partial charge in [0, 0.05) is 19.0 Å². The summed E-state index contributed by atoms with van der Waals surface area (Å²) in [5.41, 5.74) is 0.625. The fourth-order valence-electron chi connectivity index (χ4n) is 2.16. The van der Waals surface area contributed by atoms with Crippen molar-refractivity contribution in [3.05, 3.63) is 36.6 Å². The summed E-state index contributed by atoms with van der Waals surface area (Å²) in [6.45, 7) is 2.48. The van der Waals surface area contributed by atoms with Crippen LogP contribution in [0, 0.1) is 10.1 Å². The van der Waals surface area contributed by atoms with Crippen LogP contribution in [0.25, 0.3) is 0 Å².